The van der Waals surface area contributed by atoms with Crippen LogP contribution in [0.5, 0.6) is 0 Å². The Kier molecular flexibility index (Phi) is 6.58. The van der Waals surface area contributed by atoms with Gasteiger partial charge >= 0.3 is 5.97 Å². The van der Waals surface area contributed by atoms with Gasteiger partial charge in [-0.15, -0.1) is 0 Å². The van der Waals surface area contributed by atoms with Crippen LogP contribution in [0.1, 0.15) is 21.5 Å². The largest absolute Gasteiger partial charge is 0.454 e. The monoisotopic (exact) mass is 390 g/mol. The van der Waals surface area contributed by atoms with Gasteiger partial charge in [0.2, 0.25) is 0 Å². The van der Waals surface area contributed by atoms with Crippen LogP contribution >= 0.6 is 0 Å². The van der Waals surface area contributed by atoms with Crippen molar-refractivity contribution in [3.8, 4) is 0 Å². The van der Waals surface area contributed by atoms with Crippen LogP contribution in [0, 0.1) is 6.92 Å². The maximum Gasteiger partial charge on any atom is 0.325 e. The van der Waals surface area contributed by atoms with Crippen molar-refractivity contribution < 1.29 is 19.1 Å². The van der Waals surface area contributed by atoms with E-state index < -0.39 is 18.5 Å². The van der Waals surface area contributed by atoms with Gasteiger partial charge in [-0.3, -0.25) is 14.4 Å². The summed E-state index contributed by atoms with van der Waals surface area (Å²) >= 11 is 0. The summed E-state index contributed by atoms with van der Waals surface area (Å²) in [4.78, 5) is 35.9. The number of hydrogen-bond donors (Lipinski definition) is 2. The molecule has 2 N–H and O–H groups in total. The molecular weight excluding hydrogens is 368 g/mol. The standard InChI is InChI=1S/C23H22N2O4/c1-16-6-2-3-9-20(16)13-24-21(26)15-29-22(27)14-25-23(28)19-11-10-17-7-4-5-8-18(17)12-19/h2-12H,13-15H2,1H3,(H,24,26)(H,25,28). The summed E-state index contributed by atoms with van der Waals surface area (Å²) in [5, 5.41) is 7.17. The molecule has 6 nitrogen and oxygen atoms in total. The Morgan fingerprint density at radius 3 is 2.38 bits per heavy atom. The lowest BCUT2D eigenvalue weighted by molar-refractivity contribution is -0.147. The Morgan fingerprint density at radius 1 is 0.862 bits per heavy atom. The maximum absolute atomic E-state index is 12.2. The number of esters is 1. The molecule has 0 bridgehead atoms. The molecular formula is C23H22N2O4. The predicted molar refractivity (Wildman–Crippen MR) is 110 cm³/mol. The van der Waals surface area contributed by atoms with E-state index in [0.29, 0.717) is 12.1 Å². The van der Waals surface area contributed by atoms with Crippen molar-refractivity contribution in [3.63, 3.8) is 0 Å². The second kappa shape index (κ2) is 9.50. The first-order chi connectivity index (χ1) is 14.0. The van der Waals surface area contributed by atoms with E-state index in [0.717, 1.165) is 21.9 Å². The molecule has 0 heterocycles. The third-order valence-corrected chi connectivity index (χ3v) is 4.51. The number of nitrogens with one attached hydrogen (secondary N) is 2. The van der Waals surface area contributed by atoms with Gasteiger partial charge in [0, 0.05) is 12.1 Å². The van der Waals surface area contributed by atoms with Crippen LogP contribution in [0.25, 0.3) is 10.8 Å². The molecule has 2 amide bonds. The van der Waals surface area contributed by atoms with Crippen LogP contribution in [0.15, 0.2) is 66.7 Å². The van der Waals surface area contributed by atoms with E-state index in [1.54, 1.807) is 12.1 Å². The van der Waals surface area contributed by atoms with Gasteiger partial charge in [-0.2, -0.15) is 0 Å². The minimum atomic E-state index is -0.676. The topological polar surface area (TPSA) is 84.5 Å². The van der Waals surface area contributed by atoms with Crippen LogP contribution < -0.4 is 10.6 Å². The van der Waals surface area contributed by atoms with E-state index in [2.05, 4.69) is 10.6 Å². The first-order valence-corrected chi connectivity index (χ1v) is 9.27. The third-order valence-electron chi connectivity index (χ3n) is 4.51. The third kappa shape index (κ3) is 5.65. The Labute approximate surface area is 168 Å². The lowest BCUT2D eigenvalue weighted by atomic mass is 10.1. The fourth-order valence-electron chi connectivity index (χ4n) is 2.84. The molecule has 0 saturated heterocycles. The van der Waals surface area contributed by atoms with E-state index in [1.807, 2.05) is 61.5 Å². The maximum atomic E-state index is 12.2. The van der Waals surface area contributed by atoms with E-state index in [4.69, 9.17) is 4.74 Å². The Bertz CT molecular complexity index is 1050. The van der Waals surface area contributed by atoms with E-state index in [-0.39, 0.29) is 12.5 Å². The number of hydrogen-bond acceptors (Lipinski definition) is 4. The van der Waals surface area contributed by atoms with Crippen LogP contribution in [-0.2, 0) is 20.9 Å². The highest BCUT2D eigenvalue weighted by Crippen LogP contribution is 2.15. The number of benzene rings is 3. The molecule has 29 heavy (non-hydrogen) atoms. The van der Waals surface area contributed by atoms with Crippen molar-refractivity contribution in [1.29, 1.82) is 0 Å². The molecule has 0 aromatic heterocycles. The molecule has 3 aromatic rings. The molecule has 148 valence electrons. The fraction of sp³-hybridized carbons (Fsp3) is 0.174. The van der Waals surface area contributed by atoms with Crippen LogP contribution in [0.3, 0.4) is 0 Å². The van der Waals surface area contributed by atoms with Crippen molar-refractivity contribution in [2.75, 3.05) is 13.2 Å². The van der Waals surface area contributed by atoms with Gasteiger partial charge in [-0.25, -0.2) is 0 Å². The molecule has 0 radical (unpaired) electrons. The summed E-state index contributed by atoms with van der Waals surface area (Å²) < 4.78 is 4.91. The SMILES string of the molecule is Cc1ccccc1CNC(=O)COC(=O)CNC(=O)c1ccc2ccccc2c1. The molecule has 0 atom stereocenters. The molecule has 0 unspecified atom stereocenters. The zero-order valence-electron chi connectivity index (χ0n) is 16.1. The number of amides is 2. The lowest BCUT2D eigenvalue weighted by Gasteiger charge is -2.09. The minimum absolute atomic E-state index is 0.309. The number of carbonyl (C=O) groups excluding carboxylic acids is 3. The van der Waals surface area contributed by atoms with Gasteiger partial charge < -0.3 is 15.4 Å². The normalized spacial score (nSPS) is 10.4. The Balaban J connectivity index is 1.41. The fourth-order valence-corrected chi connectivity index (χ4v) is 2.84. The molecule has 3 aromatic carbocycles. The van der Waals surface area contributed by atoms with Crippen LogP contribution in [0.4, 0.5) is 0 Å². The Morgan fingerprint density at radius 2 is 1.59 bits per heavy atom. The van der Waals surface area contributed by atoms with Gasteiger partial charge in [0.15, 0.2) is 6.61 Å². The number of aryl methyl sites for hydroxylation is 1. The average molecular weight is 390 g/mol. The summed E-state index contributed by atoms with van der Waals surface area (Å²) in [6, 6.07) is 20.7. The molecule has 6 heteroatoms. The van der Waals surface area contributed by atoms with Crippen molar-refractivity contribution in [2.45, 2.75) is 13.5 Å². The van der Waals surface area contributed by atoms with Crippen molar-refractivity contribution in [1.82, 2.24) is 10.6 Å². The zero-order valence-corrected chi connectivity index (χ0v) is 16.1. The summed E-state index contributed by atoms with van der Waals surface area (Å²) in [5.74, 6) is -1.45. The van der Waals surface area contributed by atoms with Gasteiger partial charge in [-0.05, 0) is 41.0 Å². The first-order valence-electron chi connectivity index (χ1n) is 9.27. The van der Waals surface area contributed by atoms with Gasteiger partial charge in [0.05, 0.1) is 0 Å². The van der Waals surface area contributed by atoms with E-state index >= 15 is 0 Å². The summed E-state index contributed by atoms with van der Waals surface area (Å²) in [5.41, 5.74) is 2.52. The highest BCUT2D eigenvalue weighted by atomic mass is 16.5. The average Bonchev–Trinajstić information content (AvgIpc) is 2.75. The Hall–Kier alpha value is -3.67. The predicted octanol–water partition coefficient (Wildman–Crippen LogP) is 2.74. The van der Waals surface area contributed by atoms with Gasteiger partial charge in [0.25, 0.3) is 11.8 Å². The lowest BCUT2D eigenvalue weighted by Crippen LogP contribution is -2.33. The smallest absolute Gasteiger partial charge is 0.325 e. The molecule has 0 fully saturated rings. The molecule has 0 aliphatic rings. The van der Waals surface area contributed by atoms with Gasteiger partial charge in [0.1, 0.15) is 6.54 Å². The first kappa shape index (κ1) is 20.1. The van der Waals surface area contributed by atoms with Crippen molar-refractivity contribution in [3.05, 3.63) is 83.4 Å². The van der Waals surface area contributed by atoms with E-state index in [9.17, 15) is 14.4 Å². The second-order valence-corrected chi connectivity index (χ2v) is 6.61. The van der Waals surface area contributed by atoms with Crippen molar-refractivity contribution >= 4 is 28.6 Å². The number of rotatable bonds is 7. The number of ether oxygens (including phenoxy) is 1. The van der Waals surface area contributed by atoms with E-state index in [1.165, 1.54) is 0 Å². The second-order valence-electron chi connectivity index (χ2n) is 6.61. The van der Waals surface area contributed by atoms with Crippen LogP contribution in [-0.4, -0.2) is 30.9 Å². The molecule has 0 aliphatic heterocycles. The summed E-state index contributed by atoms with van der Waals surface area (Å²) in [6.07, 6.45) is 0. The highest BCUT2D eigenvalue weighted by molar-refractivity contribution is 5.99. The minimum Gasteiger partial charge on any atom is -0.454 e. The quantitative estimate of drug-likeness (QED) is 0.608. The summed E-state index contributed by atoms with van der Waals surface area (Å²) in [6.45, 7) is 1.62. The van der Waals surface area contributed by atoms with Gasteiger partial charge in [-0.1, -0.05) is 54.6 Å². The van der Waals surface area contributed by atoms with Crippen LogP contribution in [0.2, 0.25) is 0 Å². The molecule has 3 rings (SSSR count). The molecule has 0 aliphatic carbocycles. The number of fused-ring (bicyclic) bond motifs is 1. The summed E-state index contributed by atoms with van der Waals surface area (Å²) in [7, 11) is 0. The van der Waals surface area contributed by atoms with Crippen molar-refractivity contribution in [2.24, 2.45) is 0 Å². The molecule has 0 spiro atoms. The highest BCUT2D eigenvalue weighted by Gasteiger charge is 2.11. The molecule has 0 saturated carbocycles. The zero-order chi connectivity index (χ0) is 20.6. The number of carbonyl (C=O) groups is 3.